The van der Waals surface area contributed by atoms with Gasteiger partial charge in [0.05, 0.1) is 33.2 Å². The Hall–Kier alpha value is -3.06. The molecule has 4 aromatic rings. The first-order valence-corrected chi connectivity index (χ1v) is 10.4. The molecule has 0 fully saturated rings. The maximum absolute atomic E-state index is 13.7. The number of hydrogen-bond acceptors (Lipinski definition) is 3. The predicted molar refractivity (Wildman–Crippen MR) is 117 cm³/mol. The summed E-state index contributed by atoms with van der Waals surface area (Å²) in [5.74, 6) is 0.663. The third-order valence-electron chi connectivity index (χ3n) is 5.68. The van der Waals surface area contributed by atoms with Gasteiger partial charge in [0.2, 0.25) is 0 Å². The minimum Gasteiger partial charge on any atom is -0.370 e. The molecule has 8 heteroatoms. The van der Waals surface area contributed by atoms with Crippen molar-refractivity contribution in [1.82, 2.24) is 14.5 Å². The fourth-order valence-electron chi connectivity index (χ4n) is 4.15. The molecule has 3 heterocycles. The molecule has 0 bridgehead atoms. The number of aromatic nitrogens is 3. The van der Waals surface area contributed by atoms with Gasteiger partial charge in [-0.15, -0.1) is 0 Å². The van der Waals surface area contributed by atoms with Gasteiger partial charge in [-0.05, 0) is 50.2 Å². The SMILES string of the molecule is CCN(CC)c1cc(C(F)(F)F)cc2c1nc1n2-c2cc(-c3ncccc3Cl)ccc2-1. The van der Waals surface area contributed by atoms with Crippen LogP contribution < -0.4 is 4.90 Å². The van der Waals surface area contributed by atoms with E-state index < -0.39 is 11.7 Å². The largest absolute Gasteiger partial charge is 0.416 e. The zero-order chi connectivity index (χ0) is 21.9. The molecule has 0 saturated heterocycles. The third kappa shape index (κ3) is 2.98. The van der Waals surface area contributed by atoms with Crippen molar-refractivity contribution in [2.24, 2.45) is 0 Å². The van der Waals surface area contributed by atoms with Crippen LogP contribution in [-0.2, 0) is 6.18 Å². The van der Waals surface area contributed by atoms with Crippen LogP contribution in [0.4, 0.5) is 18.9 Å². The van der Waals surface area contributed by atoms with Crippen LogP contribution in [0.5, 0.6) is 0 Å². The van der Waals surface area contributed by atoms with E-state index in [0.717, 1.165) is 16.8 Å². The molecule has 2 aromatic heterocycles. The lowest BCUT2D eigenvalue weighted by molar-refractivity contribution is -0.137. The van der Waals surface area contributed by atoms with Gasteiger partial charge in [-0.2, -0.15) is 13.2 Å². The summed E-state index contributed by atoms with van der Waals surface area (Å²) in [6.07, 6.45) is -2.79. The fraction of sp³-hybridized carbons (Fsp3) is 0.217. The fourth-order valence-corrected chi connectivity index (χ4v) is 4.38. The maximum Gasteiger partial charge on any atom is 0.416 e. The van der Waals surface area contributed by atoms with E-state index in [1.807, 2.05) is 36.9 Å². The zero-order valence-electron chi connectivity index (χ0n) is 16.8. The average Bonchev–Trinajstić information content (AvgIpc) is 3.07. The van der Waals surface area contributed by atoms with Gasteiger partial charge < -0.3 is 4.90 Å². The number of hydrogen-bond donors (Lipinski definition) is 0. The summed E-state index contributed by atoms with van der Waals surface area (Å²) < 4.78 is 42.8. The second-order valence-corrected chi connectivity index (χ2v) is 7.78. The standard InChI is InChI=1S/C23H18ClF3N4/c1-3-30(4-2)18-11-14(23(25,26)27)12-19-21(18)29-22-15-8-7-13(10-17(15)31(19)22)20-16(24)6-5-9-28-20/h5-12H,3-4H2,1-2H3. The number of anilines is 1. The number of imidazole rings is 1. The Balaban J connectivity index is 1.73. The second kappa shape index (κ2) is 6.99. The van der Waals surface area contributed by atoms with Gasteiger partial charge in [-0.1, -0.05) is 17.7 Å². The monoisotopic (exact) mass is 442 g/mol. The molecule has 2 aromatic carbocycles. The van der Waals surface area contributed by atoms with Crippen LogP contribution in [0.25, 0.3) is 39.4 Å². The molecule has 4 nitrogen and oxygen atoms in total. The van der Waals surface area contributed by atoms with Crippen molar-refractivity contribution >= 4 is 28.3 Å². The van der Waals surface area contributed by atoms with Crippen molar-refractivity contribution in [3.63, 3.8) is 0 Å². The Morgan fingerprint density at radius 2 is 1.84 bits per heavy atom. The third-order valence-corrected chi connectivity index (χ3v) is 5.99. The van der Waals surface area contributed by atoms with Gasteiger partial charge in [0.15, 0.2) is 0 Å². The average molecular weight is 443 g/mol. The smallest absolute Gasteiger partial charge is 0.370 e. The molecule has 5 rings (SSSR count). The number of pyridine rings is 1. The highest BCUT2D eigenvalue weighted by Gasteiger charge is 2.35. The molecular formula is C23H18ClF3N4. The summed E-state index contributed by atoms with van der Waals surface area (Å²) in [6, 6.07) is 11.6. The molecule has 0 saturated carbocycles. The molecule has 31 heavy (non-hydrogen) atoms. The highest BCUT2D eigenvalue weighted by molar-refractivity contribution is 6.33. The summed E-state index contributed by atoms with van der Waals surface area (Å²) in [6.45, 7) is 5.02. The van der Waals surface area contributed by atoms with Crippen LogP contribution >= 0.6 is 11.6 Å². The molecule has 1 aliphatic heterocycles. The quantitative estimate of drug-likeness (QED) is 0.315. The van der Waals surface area contributed by atoms with E-state index in [2.05, 4.69) is 4.98 Å². The van der Waals surface area contributed by atoms with Crippen molar-refractivity contribution in [3.8, 4) is 28.3 Å². The van der Waals surface area contributed by atoms with E-state index in [1.165, 1.54) is 12.1 Å². The maximum atomic E-state index is 13.7. The van der Waals surface area contributed by atoms with E-state index in [9.17, 15) is 13.2 Å². The molecule has 1 aliphatic rings. The van der Waals surface area contributed by atoms with Gasteiger partial charge in [0.1, 0.15) is 11.3 Å². The van der Waals surface area contributed by atoms with Gasteiger partial charge in [-0.25, -0.2) is 4.98 Å². The topological polar surface area (TPSA) is 34.0 Å². The van der Waals surface area contributed by atoms with E-state index >= 15 is 0 Å². The van der Waals surface area contributed by atoms with Crippen LogP contribution in [-0.4, -0.2) is 27.6 Å². The number of nitrogens with zero attached hydrogens (tertiary/aromatic N) is 4. The lowest BCUT2D eigenvalue weighted by atomic mass is 10.0. The Kier molecular flexibility index (Phi) is 4.48. The second-order valence-electron chi connectivity index (χ2n) is 7.37. The van der Waals surface area contributed by atoms with Gasteiger partial charge >= 0.3 is 6.18 Å². The normalized spacial score (nSPS) is 12.5. The van der Waals surface area contributed by atoms with Crippen molar-refractivity contribution in [2.75, 3.05) is 18.0 Å². The predicted octanol–water partition coefficient (Wildman–Crippen LogP) is 6.59. The lowest BCUT2D eigenvalue weighted by Crippen LogP contribution is -2.23. The summed E-state index contributed by atoms with van der Waals surface area (Å²) in [5.41, 5.74) is 3.95. The van der Waals surface area contributed by atoms with E-state index in [1.54, 1.807) is 22.9 Å². The van der Waals surface area contributed by atoms with E-state index in [0.29, 0.717) is 46.4 Å². The number of benzene rings is 2. The Labute approximate surface area is 181 Å². The minimum absolute atomic E-state index is 0.448. The zero-order valence-corrected chi connectivity index (χ0v) is 17.6. The highest BCUT2D eigenvalue weighted by atomic mass is 35.5. The molecule has 0 atom stereocenters. The Morgan fingerprint density at radius 1 is 1.06 bits per heavy atom. The molecule has 158 valence electrons. The minimum atomic E-state index is -4.45. The number of rotatable bonds is 4. The Morgan fingerprint density at radius 3 is 2.52 bits per heavy atom. The highest BCUT2D eigenvalue weighted by Crippen LogP contribution is 2.46. The number of alkyl halides is 3. The van der Waals surface area contributed by atoms with E-state index in [-0.39, 0.29) is 0 Å². The summed E-state index contributed by atoms with van der Waals surface area (Å²) in [5, 5.41) is 0.515. The first kappa shape index (κ1) is 19.9. The van der Waals surface area contributed by atoms with Crippen LogP contribution in [0.1, 0.15) is 19.4 Å². The van der Waals surface area contributed by atoms with Gasteiger partial charge in [0.25, 0.3) is 0 Å². The summed E-state index contributed by atoms with van der Waals surface area (Å²) in [4.78, 5) is 11.0. The Bertz CT molecular complexity index is 1320. The van der Waals surface area contributed by atoms with Gasteiger partial charge in [0, 0.05) is 30.4 Å². The van der Waals surface area contributed by atoms with Crippen LogP contribution in [0, 0.1) is 0 Å². The molecule has 0 unspecified atom stereocenters. The molecule has 0 aliphatic carbocycles. The first-order valence-electron chi connectivity index (χ1n) is 9.97. The van der Waals surface area contributed by atoms with Gasteiger partial charge in [-0.3, -0.25) is 9.55 Å². The first-order chi connectivity index (χ1) is 14.8. The van der Waals surface area contributed by atoms with Crippen LogP contribution in [0.15, 0.2) is 48.7 Å². The summed E-state index contributed by atoms with van der Waals surface area (Å²) in [7, 11) is 0. The van der Waals surface area contributed by atoms with Crippen LogP contribution in [0.3, 0.4) is 0 Å². The molecule has 0 amide bonds. The van der Waals surface area contributed by atoms with Crippen LogP contribution in [0.2, 0.25) is 5.02 Å². The van der Waals surface area contributed by atoms with Crippen molar-refractivity contribution in [1.29, 1.82) is 0 Å². The molecule has 0 N–H and O–H groups in total. The molecule has 0 spiro atoms. The number of halogens is 4. The summed E-state index contributed by atoms with van der Waals surface area (Å²) >= 11 is 6.29. The van der Waals surface area contributed by atoms with Crippen molar-refractivity contribution < 1.29 is 13.2 Å². The number of fused-ring (bicyclic) bond motifs is 6. The van der Waals surface area contributed by atoms with E-state index in [4.69, 9.17) is 16.6 Å². The van der Waals surface area contributed by atoms with Crippen molar-refractivity contribution in [3.05, 3.63) is 59.2 Å². The lowest BCUT2D eigenvalue weighted by Gasteiger charge is -2.24. The van der Waals surface area contributed by atoms with Crippen molar-refractivity contribution in [2.45, 2.75) is 20.0 Å². The molecular weight excluding hydrogens is 425 g/mol. The molecule has 0 radical (unpaired) electrons.